The lowest BCUT2D eigenvalue weighted by molar-refractivity contribution is 0.414. The van der Waals surface area contributed by atoms with Crippen LogP contribution in [-0.4, -0.2) is 0 Å². The van der Waals surface area contributed by atoms with E-state index in [0.29, 0.717) is 0 Å². The van der Waals surface area contributed by atoms with Crippen molar-refractivity contribution in [3.05, 3.63) is 57.3 Å². The highest BCUT2D eigenvalue weighted by atomic mass is 32.1. The average Bonchev–Trinajstić information content (AvgIpc) is 2.77. The molecule has 1 aliphatic carbocycles. The molecule has 1 heterocycles. The number of thiophene rings is 1. The molecule has 0 aliphatic heterocycles. The maximum atomic E-state index is 5.85. The molecule has 100 valence electrons. The molecule has 0 radical (unpaired) electrons. The van der Waals surface area contributed by atoms with Gasteiger partial charge in [0.25, 0.3) is 0 Å². The van der Waals surface area contributed by atoms with Crippen molar-refractivity contribution in [2.24, 2.45) is 5.84 Å². The first-order chi connectivity index (χ1) is 9.31. The van der Waals surface area contributed by atoms with Gasteiger partial charge in [-0.25, -0.2) is 5.43 Å². The standard InChI is InChI=1S/C16H20N2S/c1-11-9-19-10-15(11)16(18-17)14-8-3-2-7-13(14)12-5-4-6-12/h2-3,7-10,12,16,18H,4-6,17H2,1H3. The summed E-state index contributed by atoms with van der Waals surface area (Å²) in [5.41, 5.74) is 8.45. The topological polar surface area (TPSA) is 38.0 Å². The summed E-state index contributed by atoms with van der Waals surface area (Å²) in [6.07, 6.45) is 3.99. The van der Waals surface area contributed by atoms with Crippen molar-refractivity contribution in [3.63, 3.8) is 0 Å². The first kappa shape index (κ1) is 12.9. The highest BCUT2D eigenvalue weighted by molar-refractivity contribution is 7.08. The van der Waals surface area contributed by atoms with Crippen LogP contribution in [0.1, 0.15) is 53.5 Å². The highest BCUT2D eigenvalue weighted by Gasteiger charge is 2.25. The SMILES string of the molecule is Cc1cscc1C(NN)c1ccccc1C1CCC1. The third-order valence-electron chi connectivity index (χ3n) is 4.22. The van der Waals surface area contributed by atoms with Gasteiger partial charge in [-0.3, -0.25) is 5.84 Å². The molecule has 3 rings (SSSR count). The molecule has 1 aromatic heterocycles. The Morgan fingerprint density at radius 2 is 2.00 bits per heavy atom. The molecular weight excluding hydrogens is 252 g/mol. The number of nitrogens with two attached hydrogens (primary N) is 1. The van der Waals surface area contributed by atoms with Crippen molar-refractivity contribution in [2.45, 2.75) is 38.1 Å². The second-order valence-electron chi connectivity index (χ2n) is 5.37. The van der Waals surface area contributed by atoms with E-state index in [2.05, 4.69) is 47.4 Å². The summed E-state index contributed by atoms with van der Waals surface area (Å²) in [6, 6.07) is 8.86. The molecule has 3 heteroatoms. The largest absolute Gasteiger partial charge is 0.271 e. The Bertz CT molecular complexity index is 557. The number of rotatable bonds is 4. The van der Waals surface area contributed by atoms with Crippen LogP contribution in [0.2, 0.25) is 0 Å². The number of hydrazine groups is 1. The van der Waals surface area contributed by atoms with Crippen molar-refractivity contribution < 1.29 is 0 Å². The zero-order valence-corrected chi connectivity index (χ0v) is 12.0. The minimum absolute atomic E-state index is 0.114. The molecule has 0 saturated heterocycles. The molecule has 1 atom stereocenters. The number of benzene rings is 1. The van der Waals surface area contributed by atoms with Crippen molar-refractivity contribution in [2.75, 3.05) is 0 Å². The molecule has 1 fully saturated rings. The number of aryl methyl sites for hydroxylation is 1. The molecular formula is C16H20N2S. The summed E-state index contributed by atoms with van der Waals surface area (Å²) in [5.74, 6) is 6.58. The Balaban J connectivity index is 2.02. The Labute approximate surface area is 118 Å². The van der Waals surface area contributed by atoms with Crippen LogP contribution in [-0.2, 0) is 0 Å². The van der Waals surface area contributed by atoms with Crippen LogP contribution in [0.25, 0.3) is 0 Å². The zero-order chi connectivity index (χ0) is 13.2. The molecule has 2 aromatic rings. The van der Waals surface area contributed by atoms with Crippen molar-refractivity contribution >= 4 is 11.3 Å². The Hall–Kier alpha value is -1.16. The second kappa shape index (κ2) is 5.45. The van der Waals surface area contributed by atoms with Gasteiger partial charge >= 0.3 is 0 Å². The van der Waals surface area contributed by atoms with Gasteiger partial charge in [-0.15, -0.1) is 0 Å². The van der Waals surface area contributed by atoms with E-state index in [1.165, 1.54) is 41.5 Å². The molecule has 0 bridgehead atoms. The minimum atomic E-state index is 0.114. The van der Waals surface area contributed by atoms with E-state index in [0.717, 1.165) is 5.92 Å². The van der Waals surface area contributed by atoms with Gasteiger partial charge in [0.1, 0.15) is 0 Å². The van der Waals surface area contributed by atoms with Crippen molar-refractivity contribution in [1.82, 2.24) is 5.43 Å². The summed E-state index contributed by atoms with van der Waals surface area (Å²) in [7, 11) is 0. The van der Waals surface area contributed by atoms with E-state index in [1.54, 1.807) is 11.3 Å². The van der Waals surface area contributed by atoms with Crippen LogP contribution in [0.4, 0.5) is 0 Å². The lowest BCUT2D eigenvalue weighted by atomic mass is 9.76. The smallest absolute Gasteiger partial charge is 0.0723 e. The maximum Gasteiger partial charge on any atom is 0.0723 e. The van der Waals surface area contributed by atoms with E-state index in [4.69, 9.17) is 5.84 Å². The number of hydrogen-bond acceptors (Lipinski definition) is 3. The monoisotopic (exact) mass is 272 g/mol. The lowest BCUT2D eigenvalue weighted by Crippen LogP contribution is -2.30. The van der Waals surface area contributed by atoms with E-state index in [-0.39, 0.29) is 6.04 Å². The predicted octanol–water partition coefficient (Wildman–Crippen LogP) is 3.88. The molecule has 19 heavy (non-hydrogen) atoms. The third kappa shape index (κ3) is 2.34. The van der Waals surface area contributed by atoms with Gasteiger partial charge in [0.15, 0.2) is 0 Å². The summed E-state index contributed by atoms with van der Waals surface area (Å²) in [5, 5.41) is 4.39. The van der Waals surface area contributed by atoms with Gasteiger partial charge in [0.2, 0.25) is 0 Å². The van der Waals surface area contributed by atoms with Gasteiger partial charge in [-0.05, 0) is 58.7 Å². The Morgan fingerprint density at radius 1 is 1.21 bits per heavy atom. The quantitative estimate of drug-likeness (QED) is 0.655. The van der Waals surface area contributed by atoms with Crippen LogP contribution in [0, 0.1) is 6.92 Å². The molecule has 0 amide bonds. The second-order valence-corrected chi connectivity index (χ2v) is 6.11. The summed E-state index contributed by atoms with van der Waals surface area (Å²) in [6.45, 7) is 2.15. The van der Waals surface area contributed by atoms with Crippen LogP contribution >= 0.6 is 11.3 Å². The van der Waals surface area contributed by atoms with E-state index < -0.39 is 0 Å². The molecule has 0 spiro atoms. The van der Waals surface area contributed by atoms with Crippen LogP contribution in [0.15, 0.2) is 35.0 Å². The zero-order valence-electron chi connectivity index (χ0n) is 11.2. The molecule has 1 aromatic carbocycles. The third-order valence-corrected chi connectivity index (χ3v) is 5.10. The van der Waals surface area contributed by atoms with Gasteiger partial charge in [-0.1, -0.05) is 30.7 Å². The summed E-state index contributed by atoms with van der Waals surface area (Å²) < 4.78 is 0. The fraction of sp³-hybridized carbons (Fsp3) is 0.375. The lowest BCUT2D eigenvalue weighted by Gasteiger charge is -2.30. The van der Waals surface area contributed by atoms with E-state index in [1.807, 2.05) is 0 Å². The first-order valence-corrected chi connectivity index (χ1v) is 7.83. The van der Waals surface area contributed by atoms with Gasteiger partial charge in [-0.2, -0.15) is 11.3 Å². The minimum Gasteiger partial charge on any atom is -0.271 e. The normalized spacial score (nSPS) is 17.2. The van der Waals surface area contributed by atoms with Crippen molar-refractivity contribution in [1.29, 1.82) is 0 Å². The van der Waals surface area contributed by atoms with Crippen LogP contribution in [0.5, 0.6) is 0 Å². The Kier molecular flexibility index (Phi) is 3.69. The van der Waals surface area contributed by atoms with Gasteiger partial charge < -0.3 is 0 Å². The Morgan fingerprint density at radius 3 is 2.58 bits per heavy atom. The molecule has 2 nitrogen and oxygen atoms in total. The summed E-state index contributed by atoms with van der Waals surface area (Å²) >= 11 is 1.74. The number of nitrogens with one attached hydrogen (secondary N) is 1. The van der Waals surface area contributed by atoms with Crippen LogP contribution < -0.4 is 11.3 Å². The number of hydrogen-bond donors (Lipinski definition) is 2. The van der Waals surface area contributed by atoms with Crippen LogP contribution in [0.3, 0.4) is 0 Å². The average molecular weight is 272 g/mol. The van der Waals surface area contributed by atoms with Crippen molar-refractivity contribution in [3.8, 4) is 0 Å². The fourth-order valence-electron chi connectivity index (χ4n) is 2.88. The molecule has 1 saturated carbocycles. The van der Waals surface area contributed by atoms with Gasteiger partial charge in [0.05, 0.1) is 6.04 Å². The molecule has 3 N–H and O–H groups in total. The van der Waals surface area contributed by atoms with E-state index in [9.17, 15) is 0 Å². The summed E-state index contributed by atoms with van der Waals surface area (Å²) in [4.78, 5) is 0. The predicted molar refractivity (Wildman–Crippen MR) is 81.3 cm³/mol. The fourth-order valence-corrected chi connectivity index (χ4v) is 3.75. The molecule has 1 aliphatic rings. The van der Waals surface area contributed by atoms with Gasteiger partial charge in [0, 0.05) is 0 Å². The van der Waals surface area contributed by atoms with E-state index >= 15 is 0 Å². The maximum absolute atomic E-state index is 5.85. The first-order valence-electron chi connectivity index (χ1n) is 6.89. The highest BCUT2D eigenvalue weighted by Crippen LogP contribution is 2.41. The molecule has 1 unspecified atom stereocenters.